The average molecular weight is 208 g/mol. The lowest BCUT2D eigenvalue weighted by Gasteiger charge is -2.15. The molecule has 0 N–H and O–H groups in total. The number of ether oxygens (including phenoxy) is 1. The van der Waals surface area contributed by atoms with Crippen LogP contribution in [0.4, 0.5) is 4.39 Å². The Morgan fingerprint density at radius 2 is 2.20 bits per heavy atom. The minimum absolute atomic E-state index is 0.286. The van der Waals surface area contributed by atoms with Crippen molar-refractivity contribution in [2.45, 2.75) is 33.1 Å². The summed E-state index contributed by atoms with van der Waals surface area (Å²) in [6.45, 7) is 9.47. The van der Waals surface area contributed by atoms with E-state index >= 15 is 0 Å². The predicted molar refractivity (Wildman–Crippen MR) is 60.7 cm³/mol. The fourth-order valence-electron chi connectivity index (χ4n) is 1.55. The first kappa shape index (κ1) is 11.8. The third-order valence-electron chi connectivity index (χ3n) is 2.56. The van der Waals surface area contributed by atoms with E-state index in [0.717, 1.165) is 17.5 Å². The fraction of sp³-hybridized carbons (Fsp3) is 0.385. The molecule has 2 heteroatoms. The molecule has 1 atom stereocenters. The summed E-state index contributed by atoms with van der Waals surface area (Å²) < 4.78 is 18.8. The van der Waals surface area contributed by atoms with Gasteiger partial charge in [0, 0.05) is 5.56 Å². The van der Waals surface area contributed by atoms with Gasteiger partial charge in [-0.25, -0.2) is 4.39 Å². The van der Waals surface area contributed by atoms with Gasteiger partial charge in [-0.3, -0.25) is 0 Å². The minimum atomic E-state index is -0.315. The summed E-state index contributed by atoms with van der Waals surface area (Å²) in [5, 5.41) is 0. The van der Waals surface area contributed by atoms with Gasteiger partial charge in [-0.15, -0.1) is 0 Å². The summed E-state index contributed by atoms with van der Waals surface area (Å²) in [6, 6.07) is 3.45. The highest BCUT2D eigenvalue weighted by Crippen LogP contribution is 2.32. The van der Waals surface area contributed by atoms with Crippen molar-refractivity contribution >= 4 is 0 Å². The molecule has 15 heavy (non-hydrogen) atoms. The summed E-state index contributed by atoms with van der Waals surface area (Å²) in [5.41, 5.74) is 1.83. The Bertz CT molecular complexity index is 358. The highest BCUT2D eigenvalue weighted by molar-refractivity contribution is 5.41. The summed E-state index contributed by atoms with van der Waals surface area (Å²) in [6.07, 6.45) is 2.22. The molecule has 0 amide bonds. The van der Waals surface area contributed by atoms with E-state index in [1.165, 1.54) is 12.3 Å². The molecule has 0 spiro atoms. The summed E-state index contributed by atoms with van der Waals surface area (Å²) in [7, 11) is 0. The maximum atomic E-state index is 13.6. The molecule has 0 bridgehead atoms. The van der Waals surface area contributed by atoms with Crippen molar-refractivity contribution in [2.24, 2.45) is 0 Å². The van der Waals surface area contributed by atoms with Gasteiger partial charge in [0.05, 0.1) is 6.26 Å². The summed E-state index contributed by atoms with van der Waals surface area (Å²) >= 11 is 0. The zero-order valence-corrected chi connectivity index (χ0v) is 9.51. The molecular formula is C13H17FO. The van der Waals surface area contributed by atoms with Crippen molar-refractivity contribution in [3.8, 4) is 5.75 Å². The first-order chi connectivity index (χ1) is 7.10. The van der Waals surface area contributed by atoms with Crippen LogP contribution in [0, 0.1) is 12.7 Å². The lowest BCUT2D eigenvalue weighted by atomic mass is 9.96. The van der Waals surface area contributed by atoms with Crippen LogP contribution in [-0.2, 0) is 0 Å². The predicted octanol–water partition coefficient (Wildman–Crippen LogP) is 4.17. The molecule has 1 rings (SSSR count). The Morgan fingerprint density at radius 3 is 2.73 bits per heavy atom. The van der Waals surface area contributed by atoms with Crippen LogP contribution in [0.1, 0.15) is 37.3 Å². The molecule has 82 valence electrons. The standard InChI is InChI=1S/C13H17FO/c1-5-10(4)11-7-9(3)8-12(14)13(11)15-6-2/h6-8,10H,2,5H2,1,3-4H3. The highest BCUT2D eigenvalue weighted by atomic mass is 19.1. The van der Waals surface area contributed by atoms with Gasteiger partial charge in [0.15, 0.2) is 11.6 Å². The molecule has 0 aliphatic carbocycles. The Hall–Kier alpha value is -1.31. The topological polar surface area (TPSA) is 9.23 Å². The van der Waals surface area contributed by atoms with E-state index in [1.807, 2.05) is 13.0 Å². The molecule has 0 saturated carbocycles. The molecule has 0 aliphatic rings. The molecular weight excluding hydrogens is 191 g/mol. The molecule has 0 radical (unpaired) electrons. The number of halogens is 1. The van der Waals surface area contributed by atoms with Crippen LogP contribution in [0.25, 0.3) is 0 Å². The van der Waals surface area contributed by atoms with Crippen LogP contribution < -0.4 is 4.74 Å². The van der Waals surface area contributed by atoms with E-state index < -0.39 is 0 Å². The average Bonchev–Trinajstić information content (AvgIpc) is 2.20. The first-order valence-electron chi connectivity index (χ1n) is 5.17. The smallest absolute Gasteiger partial charge is 0.166 e. The number of hydrogen-bond acceptors (Lipinski definition) is 1. The largest absolute Gasteiger partial charge is 0.462 e. The second kappa shape index (κ2) is 4.96. The Morgan fingerprint density at radius 1 is 1.53 bits per heavy atom. The van der Waals surface area contributed by atoms with Crippen molar-refractivity contribution in [3.05, 3.63) is 41.9 Å². The number of benzene rings is 1. The van der Waals surface area contributed by atoms with E-state index in [9.17, 15) is 4.39 Å². The summed E-state index contributed by atoms with van der Waals surface area (Å²) in [5.74, 6) is 0.282. The fourth-order valence-corrected chi connectivity index (χ4v) is 1.55. The SMILES string of the molecule is C=COc1c(F)cc(C)cc1C(C)CC. The van der Waals surface area contributed by atoms with Gasteiger partial charge in [0.25, 0.3) is 0 Å². The quantitative estimate of drug-likeness (QED) is 0.675. The molecule has 0 heterocycles. The monoisotopic (exact) mass is 208 g/mol. The van der Waals surface area contributed by atoms with Gasteiger partial charge in [-0.2, -0.15) is 0 Å². The second-order valence-electron chi connectivity index (χ2n) is 3.76. The van der Waals surface area contributed by atoms with E-state index in [4.69, 9.17) is 4.74 Å². The third-order valence-corrected chi connectivity index (χ3v) is 2.56. The third kappa shape index (κ3) is 2.58. The first-order valence-corrected chi connectivity index (χ1v) is 5.17. The number of hydrogen-bond donors (Lipinski definition) is 0. The maximum Gasteiger partial charge on any atom is 0.166 e. The lowest BCUT2D eigenvalue weighted by Crippen LogP contribution is -1.99. The molecule has 0 saturated heterocycles. The van der Waals surface area contributed by atoms with Crippen LogP contribution in [-0.4, -0.2) is 0 Å². The van der Waals surface area contributed by atoms with Gasteiger partial charge < -0.3 is 4.74 Å². The van der Waals surface area contributed by atoms with Crippen LogP contribution in [0.5, 0.6) is 5.75 Å². The molecule has 0 aromatic heterocycles. The van der Waals surface area contributed by atoms with E-state index in [1.54, 1.807) is 0 Å². The van der Waals surface area contributed by atoms with Crippen LogP contribution in [0.2, 0.25) is 0 Å². The number of aryl methyl sites for hydroxylation is 1. The molecule has 1 nitrogen and oxygen atoms in total. The zero-order valence-electron chi connectivity index (χ0n) is 9.51. The maximum absolute atomic E-state index is 13.6. The van der Waals surface area contributed by atoms with Crippen molar-refractivity contribution in [1.82, 2.24) is 0 Å². The molecule has 1 unspecified atom stereocenters. The van der Waals surface area contributed by atoms with E-state index in [-0.39, 0.29) is 11.7 Å². The Labute approximate surface area is 90.6 Å². The van der Waals surface area contributed by atoms with Crippen LogP contribution >= 0.6 is 0 Å². The van der Waals surface area contributed by atoms with Gasteiger partial charge in [0.1, 0.15) is 0 Å². The summed E-state index contributed by atoms with van der Waals surface area (Å²) in [4.78, 5) is 0. The van der Waals surface area contributed by atoms with Gasteiger partial charge >= 0.3 is 0 Å². The van der Waals surface area contributed by atoms with Crippen molar-refractivity contribution in [1.29, 1.82) is 0 Å². The highest BCUT2D eigenvalue weighted by Gasteiger charge is 2.15. The van der Waals surface area contributed by atoms with Crippen molar-refractivity contribution in [3.63, 3.8) is 0 Å². The Balaban J connectivity index is 3.25. The molecule has 1 aromatic carbocycles. The van der Waals surface area contributed by atoms with Crippen molar-refractivity contribution in [2.75, 3.05) is 0 Å². The molecule has 1 aromatic rings. The van der Waals surface area contributed by atoms with E-state index in [2.05, 4.69) is 20.4 Å². The van der Waals surface area contributed by atoms with Crippen molar-refractivity contribution < 1.29 is 9.13 Å². The normalized spacial score (nSPS) is 12.3. The lowest BCUT2D eigenvalue weighted by molar-refractivity contribution is 0.431. The van der Waals surface area contributed by atoms with Gasteiger partial charge in [-0.05, 0) is 30.9 Å². The molecule has 0 aliphatic heterocycles. The van der Waals surface area contributed by atoms with E-state index in [0.29, 0.717) is 5.75 Å². The molecule has 0 fully saturated rings. The zero-order chi connectivity index (χ0) is 11.4. The minimum Gasteiger partial charge on any atom is -0.462 e. The van der Waals surface area contributed by atoms with Gasteiger partial charge in [0.2, 0.25) is 0 Å². The number of rotatable bonds is 4. The Kier molecular flexibility index (Phi) is 3.89. The second-order valence-corrected chi connectivity index (χ2v) is 3.76. The van der Waals surface area contributed by atoms with Crippen LogP contribution in [0.3, 0.4) is 0 Å². The van der Waals surface area contributed by atoms with Crippen LogP contribution in [0.15, 0.2) is 25.0 Å². The van der Waals surface area contributed by atoms with Gasteiger partial charge in [-0.1, -0.05) is 26.5 Å².